The van der Waals surface area contributed by atoms with E-state index in [2.05, 4.69) is 15.3 Å². The molecular formula is C22H28N6O5S. The highest BCUT2D eigenvalue weighted by atomic mass is 32.2. The van der Waals surface area contributed by atoms with Gasteiger partial charge in [0.1, 0.15) is 0 Å². The van der Waals surface area contributed by atoms with Crippen LogP contribution in [-0.4, -0.2) is 86.1 Å². The lowest BCUT2D eigenvalue weighted by Gasteiger charge is -2.31. The summed E-state index contributed by atoms with van der Waals surface area (Å²) in [7, 11) is -3.63. The molecule has 2 saturated heterocycles. The van der Waals surface area contributed by atoms with Gasteiger partial charge in [0.15, 0.2) is 5.65 Å². The summed E-state index contributed by atoms with van der Waals surface area (Å²) in [4.78, 5) is 15.0. The van der Waals surface area contributed by atoms with Crippen molar-refractivity contribution in [2.75, 3.05) is 69.4 Å². The van der Waals surface area contributed by atoms with Crippen molar-refractivity contribution in [3.05, 3.63) is 53.1 Å². The molecular weight excluding hydrogens is 460 g/mol. The number of morpholine rings is 2. The maximum Gasteiger partial charge on any atom is 0.350 e. The molecule has 5 rings (SSSR count). The lowest BCUT2D eigenvalue weighted by Crippen LogP contribution is -2.40. The van der Waals surface area contributed by atoms with E-state index >= 15 is 0 Å². The van der Waals surface area contributed by atoms with Crippen molar-refractivity contribution in [2.24, 2.45) is 0 Å². The molecule has 2 aliphatic rings. The van der Waals surface area contributed by atoms with E-state index in [1.807, 2.05) is 12.1 Å². The fourth-order valence-corrected chi connectivity index (χ4v) is 5.68. The van der Waals surface area contributed by atoms with E-state index in [9.17, 15) is 13.2 Å². The number of hydrogen-bond donors (Lipinski definition) is 1. The van der Waals surface area contributed by atoms with Gasteiger partial charge in [0.2, 0.25) is 10.0 Å². The number of ether oxygens (including phenoxy) is 2. The highest BCUT2D eigenvalue weighted by Gasteiger charge is 2.27. The van der Waals surface area contributed by atoms with Gasteiger partial charge in [-0.25, -0.2) is 17.9 Å². The summed E-state index contributed by atoms with van der Waals surface area (Å²) in [5, 5.41) is 7.71. The highest BCUT2D eigenvalue weighted by molar-refractivity contribution is 7.89. The lowest BCUT2D eigenvalue weighted by atomic mass is 10.2. The molecule has 1 aromatic carbocycles. The molecule has 2 aliphatic heterocycles. The smallest absolute Gasteiger partial charge is 0.350 e. The fourth-order valence-electron chi connectivity index (χ4n) is 4.24. The second kappa shape index (κ2) is 9.74. The Balaban J connectivity index is 1.40. The number of benzene rings is 1. The van der Waals surface area contributed by atoms with Crippen LogP contribution in [0.2, 0.25) is 0 Å². The molecule has 34 heavy (non-hydrogen) atoms. The van der Waals surface area contributed by atoms with Crippen LogP contribution in [0.25, 0.3) is 5.65 Å². The molecule has 1 N–H and O–H groups in total. The molecule has 0 spiro atoms. The zero-order valence-corrected chi connectivity index (χ0v) is 19.6. The lowest BCUT2D eigenvalue weighted by molar-refractivity contribution is 0.0730. The van der Waals surface area contributed by atoms with E-state index in [-0.39, 0.29) is 10.6 Å². The summed E-state index contributed by atoms with van der Waals surface area (Å²) < 4.78 is 41.6. The van der Waals surface area contributed by atoms with Crippen LogP contribution < -0.4 is 15.9 Å². The molecule has 2 aromatic heterocycles. The summed E-state index contributed by atoms with van der Waals surface area (Å²) in [6, 6.07) is 10.6. The molecule has 0 amide bonds. The summed E-state index contributed by atoms with van der Waals surface area (Å²) in [6.07, 6.45) is 1.69. The van der Waals surface area contributed by atoms with E-state index in [1.165, 1.54) is 13.4 Å². The van der Waals surface area contributed by atoms with Crippen molar-refractivity contribution in [1.29, 1.82) is 0 Å². The molecule has 182 valence electrons. The van der Waals surface area contributed by atoms with Crippen LogP contribution in [0.3, 0.4) is 0 Å². The summed E-state index contributed by atoms with van der Waals surface area (Å²) in [6.45, 7) is 4.87. The summed E-state index contributed by atoms with van der Waals surface area (Å²) in [5.74, 6) is 0. The summed E-state index contributed by atoms with van der Waals surface area (Å²) in [5.41, 5.74) is 1.98. The molecule has 2 fully saturated rings. The Labute approximate surface area is 197 Å². The van der Waals surface area contributed by atoms with E-state index in [0.717, 1.165) is 18.8 Å². The van der Waals surface area contributed by atoms with Crippen molar-refractivity contribution in [1.82, 2.24) is 18.5 Å². The molecule has 0 saturated carbocycles. The number of rotatable bonds is 7. The zero-order valence-electron chi connectivity index (χ0n) is 18.8. The Kier molecular flexibility index (Phi) is 6.55. The number of pyridine rings is 1. The quantitative estimate of drug-likeness (QED) is 0.511. The van der Waals surface area contributed by atoms with Crippen molar-refractivity contribution in [2.45, 2.75) is 11.4 Å². The number of nitrogens with zero attached hydrogens (tertiary/aromatic N) is 5. The fraction of sp³-hybridized carbons (Fsp3) is 0.455. The van der Waals surface area contributed by atoms with Gasteiger partial charge in [-0.15, -0.1) is 5.10 Å². The van der Waals surface area contributed by atoms with Crippen LogP contribution in [0.5, 0.6) is 0 Å². The average Bonchev–Trinajstić information content (AvgIpc) is 3.20. The first-order valence-corrected chi connectivity index (χ1v) is 12.8. The monoisotopic (exact) mass is 488 g/mol. The maximum absolute atomic E-state index is 13.2. The predicted octanol–water partition coefficient (Wildman–Crippen LogP) is 0.466. The van der Waals surface area contributed by atoms with E-state index in [0.29, 0.717) is 63.9 Å². The van der Waals surface area contributed by atoms with Gasteiger partial charge in [0, 0.05) is 38.9 Å². The number of anilines is 2. The van der Waals surface area contributed by atoms with Crippen LogP contribution >= 0.6 is 0 Å². The minimum Gasteiger partial charge on any atom is -0.381 e. The predicted molar refractivity (Wildman–Crippen MR) is 127 cm³/mol. The minimum atomic E-state index is -3.63. The Morgan fingerprint density at radius 3 is 2.44 bits per heavy atom. The number of hydrogen-bond acceptors (Lipinski definition) is 8. The van der Waals surface area contributed by atoms with Crippen molar-refractivity contribution in [3.8, 4) is 0 Å². The zero-order chi connectivity index (χ0) is 23.5. The molecule has 0 unspecified atom stereocenters. The third-order valence-electron chi connectivity index (χ3n) is 6.06. The average molecular weight is 489 g/mol. The summed E-state index contributed by atoms with van der Waals surface area (Å²) >= 11 is 0. The Morgan fingerprint density at radius 1 is 0.971 bits per heavy atom. The molecule has 0 atom stereocenters. The molecule has 11 nitrogen and oxygen atoms in total. The molecule has 3 aromatic rings. The second-order valence-corrected chi connectivity index (χ2v) is 10.1. The number of fused-ring (bicyclic) bond motifs is 1. The molecule has 0 radical (unpaired) electrons. The molecule has 4 heterocycles. The molecule has 0 aliphatic carbocycles. The highest BCUT2D eigenvalue weighted by Crippen LogP contribution is 2.31. The molecule has 0 bridgehead atoms. The maximum atomic E-state index is 13.2. The third kappa shape index (κ3) is 4.53. The van der Waals surface area contributed by atoms with Crippen molar-refractivity contribution in [3.63, 3.8) is 0 Å². The van der Waals surface area contributed by atoms with Crippen LogP contribution in [0.4, 0.5) is 11.4 Å². The third-order valence-corrected chi connectivity index (χ3v) is 7.95. The SMILES string of the molecule is O=c1n(CCNc2cc(S(=O)(=O)N3CCOCC3)ccc2N2CCOCC2)nc2ccccn12. The topological polar surface area (TPSA) is 110 Å². The van der Waals surface area contributed by atoms with E-state index in [4.69, 9.17) is 9.47 Å². The van der Waals surface area contributed by atoms with Gasteiger partial charge in [-0.3, -0.25) is 4.40 Å². The Hall–Kier alpha value is -2.93. The van der Waals surface area contributed by atoms with E-state index < -0.39 is 10.0 Å². The minimum absolute atomic E-state index is 0.213. The van der Waals surface area contributed by atoms with Gasteiger partial charge in [-0.05, 0) is 30.3 Å². The Morgan fingerprint density at radius 2 is 1.71 bits per heavy atom. The van der Waals surface area contributed by atoms with Crippen molar-refractivity contribution >= 4 is 27.0 Å². The Bertz CT molecular complexity index is 1310. The largest absolute Gasteiger partial charge is 0.381 e. The second-order valence-electron chi connectivity index (χ2n) is 8.16. The number of aromatic nitrogens is 3. The normalized spacial score (nSPS) is 17.8. The number of nitrogens with one attached hydrogen (secondary N) is 1. The van der Waals surface area contributed by atoms with E-state index in [1.54, 1.807) is 30.5 Å². The van der Waals surface area contributed by atoms with Gasteiger partial charge < -0.3 is 19.7 Å². The standard InChI is InChI=1S/C22H28N6O5S/c29-22-27-7-2-1-3-21(27)24-28(22)8-6-23-19-17-18(34(30,31)26-11-15-33-16-12-26)4-5-20(19)25-9-13-32-14-10-25/h1-5,7,17,23H,6,8-16H2. The number of sulfonamides is 1. The van der Waals surface area contributed by atoms with Crippen molar-refractivity contribution < 1.29 is 17.9 Å². The van der Waals surface area contributed by atoms with Gasteiger partial charge in [-0.2, -0.15) is 4.31 Å². The van der Waals surface area contributed by atoms with Crippen LogP contribution in [0.15, 0.2) is 52.3 Å². The van der Waals surface area contributed by atoms with Gasteiger partial charge in [-0.1, -0.05) is 6.07 Å². The van der Waals surface area contributed by atoms with Crippen LogP contribution in [-0.2, 0) is 26.0 Å². The van der Waals surface area contributed by atoms with Gasteiger partial charge in [0.05, 0.1) is 49.2 Å². The van der Waals surface area contributed by atoms with Gasteiger partial charge >= 0.3 is 5.69 Å². The first kappa shape index (κ1) is 22.8. The van der Waals surface area contributed by atoms with Crippen LogP contribution in [0, 0.1) is 0 Å². The van der Waals surface area contributed by atoms with Crippen LogP contribution in [0.1, 0.15) is 0 Å². The first-order valence-electron chi connectivity index (χ1n) is 11.4. The first-order chi connectivity index (χ1) is 16.5. The molecule has 12 heteroatoms. The van der Waals surface area contributed by atoms with Gasteiger partial charge in [0.25, 0.3) is 0 Å².